The Morgan fingerprint density at radius 1 is 1.15 bits per heavy atom. The number of nitrogens with zero attached hydrogens (tertiary/aromatic N) is 2. The minimum atomic E-state index is -0.327. The van der Waals surface area contributed by atoms with Gasteiger partial charge in [-0.3, -0.25) is 4.79 Å². The predicted molar refractivity (Wildman–Crippen MR) is 100 cm³/mol. The first-order valence-electron chi connectivity index (χ1n) is 7.89. The Labute approximate surface area is 154 Å². The summed E-state index contributed by atoms with van der Waals surface area (Å²) in [4.78, 5) is 31.0. The van der Waals surface area contributed by atoms with Crippen LogP contribution in [0.5, 0.6) is 0 Å². The van der Waals surface area contributed by atoms with E-state index in [-0.39, 0.29) is 17.7 Å². The number of aryl methyl sites for hydroxylation is 1. The molecule has 2 heterocycles. The highest BCUT2D eigenvalue weighted by molar-refractivity contribution is 7.11. The Bertz CT molecular complexity index is 888. The maximum Gasteiger partial charge on any atom is 0.321 e. The number of carbonyl (C=O) groups excluding carboxylic acids is 2. The zero-order valence-electron chi connectivity index (χ0n) is 14.4. The van der Waals surface area contributed by atoms with Crippen LogP contribution in [0.1, 0.15) is 20.4 Å². The molecule has 26 heavy (non-hydrogen) atoms. The van der Waals surface area contributed by atoms with E-state index in [0.29, 0.717) is 17.9 Å². The van der Waals surface area contributed by atoms with Gasteiger partial charge in [-0.05, 0) is 43.3 Å². The molecule has 2 N–H and O–H groups in total. The molecule has 0 atom stereocenters. The number of furan rings is 1. The molecule has 0 unspecified atom stereocenters. The molecule has 0 bridgehead atoms. The van der Waals surface area contributed by atoms with Gasteiger partial charge in [-0.15, -0.1) is 11.3 Å². The molecule has 2 aromatic heterocycles. The molecular weight excluding hydrogens is 352 g/mol. The number of amides is 3. The molecule has 8 heteroatoms. The van der Waals surface area contributed by atoms with Crippen LogP contribution in [0.15, 0.2) is 53.3 Å². The van der Waals surface area contributed by atoms with E-state index in [1.165, 1.54) is 6.26 Å². The fourth-order valence-electron chi connectivity index (χ4n) is 2.24. The highest BCUT2D eigenvalue weighted by atomic mass is 32.1. The number of urea groups is 1. The van der Waals surface area contributed by atoms with Crippen molar-refractivity contribution in [1.29, 1.82) is 0 Å². The fraction of sp³-hybridized carbons (Fsp3) is 0.167. The lowest BCUT2D eigenvalue weighted by Gasteiger charge is -2.17. The van der Waals surface area contributed by atoms with Crippen LogP contribution in [-0.2, 0) is 6.54 Å². The van der Waals surface area contributed by atoms with E-state index >= 15 is 0 Å². The molecule has 3 amide bonds. The second kappa shape index (κ2) is 7.83. The van der Waals surface area contributed by atoms with Crippen molar-refractivity contribution < 1.29 is 14.0 Å². The first-order chi connectivity index (χ1) is 12.5. The van der Waals surface area contributed by atoms with E-state index in [9.17, 15) is 9.59 Å². The molecular formula is C18H18N4O3S. The lowest BCUT2D eigenvalue weighted by Crippen LogP contribution is -2.30. The van der Waals surface area contributed by atoms with Gasteiger partial charge in [0.15, 0.2) is 5.76 Å². The standard InChI is InChI=1S/C18H18N4O3S/c1-12-19-10-15(26-12)11-22(2)18(24)21-14-7-5-13(6-8-14)20-17(23)16-4-3-9-25-16/h3-10H,11H2,1-2H3,(H,20,23)(H,21,24). The maximum absolute atomic E-state index is 12.3. The summed E-state index contributed by atoms with van der Waals surface area (Å²) in [5, 5.41) is 6.51. The molecule has 1 aromatic carbocycles. The van der Waals surface area contributed by atoms with Crippen molar-refractivity contribution in [2.45, 2.75) is 13.5 Å². The molecule has 7 nitrogen and oxygen atoms in total. The lowest BCUT2D eigenvalue weighted by molar-refractivity contribution is 0.0996. The molecule has 0 radical (unpaired) electrons. The lowest BCUT2D eigenvalue weighted by atomic mass is 10.2. The van der Waals surface area contributed by atoms with Gasteiger partial charge in [-0.2, -0.15) is 0 Å². The Balaban J connectivity index is 1.54. The van der Waals surface area contributed by atoms with Crippen molar-refractivity contribution in [2.75, 3.05) is 17.7 Å². The summed E-state index contributed by atoms with van der Waals surface area (Å²) in [5.74, 6) is -0.0892. The van der Waals surface area contributed by atoms with E-state index in [1.807, 2.05) is 6.92 Å². The van der Waals surface area contributed by atoms with Crippen LogP contribution in [0.2, 0.25) is 0 Å². The molecule has 0 saturated carbocycles. The molecule has 3 aromatic rings. The van der Waals surface area contributed by atoms with Crippen molar-refractivity contribution in [3.63, 3.8) is 0 Å². The summed E-state index contributed by atoms with van der Waals surface area (Å²) < 4.78 is 5.04. The van der Waals surface area contributed by atoms with E-state index < -0.39 is 0 Å². The Hall–Kier alpha value is -3.13. The number of hydrogen-bond acceptors (Lipinski definition) is 5. The van der Waals surface area contributed by atoms with E-state index in [4.69, 9.17) is 4.42 Å². The largest absolute Gasteiger partial charge is 0.459 e. The molecule has 0 saturated heterocycles. The Kier molecular flexibility index (Phi) is 5.33. The van der Waals surface area contributed by atoms with E-state index in [1.54, 1.807) is 65.9 Å². The number of nitrogens with one attached hydrogen (secondary N) is 2. The molecule has 0 aliphatic carbocycles. The third-order valence-corrected chi connectivity index (χ3v) is 4.45. The quantitative estimate of drug-likeness (QED) is 0.712. The molecule has 134 valence electrons. The normalized spacial score (nSPS) is 10.4. The van der Waals surface area contributed by atoms with E-state index in [2.05, 4.69) is 15.6 Å². The van der Waals surface area contributed by atoms with Crippen LogP contribution in [0.4, 0.5) is 16.2 Å². The summed E-state index contributed by atoms with van der Waals surface area (Å²) >= 11 is 1.57. The van der Waals surface area contributed by atoms with Crippen molar-refractivity contribution in [3.05, 3.63) is 64.5 Å². The Morgan fingerprint density at radius 2 is 1.85 bits per heavy atom. The van der Waals surface area contributed by atoms with Gasteiger partial charge in [0.1, 0.15) is 0 Å². The zero-order valence-corrected chi connectivity index (χ0v) is 15.2. The summed E-state index contributed by atoms with van der Waals surface area (Å²) in [6, 6.07) is 9.89. The van der Waals surface area contributed by atoms with Crippen LogP contribution in [-0.4, -0.2) is 28.9 Å². The number of benzene rings is 1. The molecule has 0 aliphatic rings. The molecule has 0 fully saturated rings. The van der Waals surface area contributed by atoms with Crippen molar-refractivity contribution >= 4 is 34.6 Å². The third kappa shape index (κ3) is 4.48. The van der Waals surface area contributed by atoms with Gasteiger partial charge >= 0.3 is 6.03 Å². The molecule has 0 aliphatic heterocycles. The second-order valence-corrected chi connectivity index (χ2v) is 6.96. The highest BCUT2D eigenvalue weighted by Crippen LogP contribution is 2.17. The number of rotatable bonds is 5. The first-order valence-corrected chi connectivity index (χ1v) is 8.71. The Morgan fingerprint density at radius 3 is 2.42 bits per heavy atom. The van der Waals surface area contributed by atoms with Gasteiger partial charge in [0.05, 0.1) is 17.8 Å². The predicted octanol–water partition coefficient (Wildman–Crippen LogP) is 3.96. The van der Waals surface area contributed by atoms with Gasteiger partial charge < -0.3 is 20.0 Å². The van der Waals surface area contributed by atoms with Crippen molar-refractivity contribution in [3.8, 4) is 0 Å². The molecule has 3 rings (SSSR count). The summed E-state index contributed by atoms with van der Waals surface area (Å²) in [5.41, 5.74) is 1.25. The minimum Gasteiger partial charge on any atom is -0.459 e. The first kappa shape index (κ1) is 17.7. The van der Waals surface area contributed by atoms with Gasteiger partial charge in [0, 0.05) is 29.5 Å². The summed E-state index contributed by atoms with van der Waals surface area (Å²) in [6.45, 7) is 2.43. The highest BCUT2D eigenvalue weighted by Gasteiger charge is 2.12. The smallest absolute Gasteiger partial charge is 0.321 e. The minimum absolute atomic E-state index is 0.219. The van der Waals surface area contributed by atoms with Gasteiger partial charge in [0.25, 0.3) is 5.91 Å². The van der Waals surface area contributed by atoms with E-state index in [0.717, 1.165) is 9.88 Å². The maximum atomic E-state index is 12.3. The third-order valence-electron chi connectivity index (χ3n) is 3.55. The topological polar surface area (TPSA) is 87.5 Å². The number of aromatic nitrogens is 1. The number of carbonyl (C=O) groups is 2. The number of anilines is 2. The second-order valence-electron chi connectivity index (χ2n) is 5.64. The monoisotopic (exact) mass is 370 g/mol. The summed E-state index contributed by atoms with van der Waals surface area (Å²) in [6.07, 6.45) is 3.22. The fourth-order valence-corrected chi connectivity index (χ4v) is 3.09. The average molecular weight is 370 g/mol. The van der Waals surface area contributed by atoms with Gasteiger partial charge in [-0.25, -0.2) is 9.78 Å². The number of hydrogen-bond donors (Lipinski definition) is 2. The van der Waals surface area contributed by atoms with Crippen LogP contribution in [0.25, 0.3) is 0 Å². The van der Waals surface area contributed by atoms with Crippen LogP contribution < -0.4 is 10.6 Å². The van der Waals surface area contributed by atoms with Gasteiger partial charge in [0.2, 0.25) is 0 Å². The number of thiazole rings is 1. The molecule has 0 spiro atoms. The average Bonchev–Trinajstić information content (AvgIpc) is 3.28. The van der Waals surface area contributed by atoms with Crippen molar-refractivity contribution in [1.82, 2.24) is 9.88 Å². The van der Waals surface area contributed by atoms with Crippen molar-refractivity contribution in [2.24, 2.45) is 0 Å². The summed E-state index contributed by atoms with van der Waals surface area (Å²) in [7, 11) is 1.72. The van der Waals surface area contributed by atoms with Crippen LogP contribution in [0, 0.1) is 6.92 Å². The van der Waals surface area contributed by atoms with Gasteiger partial charge in [-0.1, -0.05) is 0 Å². The SMILES string of the molecule is Cc1ncc(CN(C)C(=O)Nc2ccc(NC(=O)c3ccco3)cc2)s1. The van der Waals surface area contributed by atoms with Crippen LogP contribution >= 0.6 is 11.3 Å². The zero-order chi connectivity index (χ0) is 18.5. The van der Waals surface area contributed by atoms with Crippen LogP contribution in [0.3, 0.4) is 0 Å².